The Morgan fingerprint density at radius 1 is 1.45 bits per heavy atom. The van der Waals surface area contributed by atoms with Crippen molar-refractivity contribution < 1.29 is 14.3 Å². The van der Waals surface area contributed by atoms with Crippen LogP contribution in [0, 0.1) is 0 Å². The van der Waals surface area contributed by atoms with E-state index >= 15 is 0 Å². The van der Waals surface area contributed by atoms with Crippen molar-refractivity contribution in [1.82, 2.24) is 15.2 Å². The highest BCUT2D eigenvalue weighted by atomic mass is 16.5. The predicted molar refractivity (Wildman–Crippen MR) is 74.3 cm³/mol. The van der Waals surface area contributed by atoms with Gasteiger partial charge in [-0.05, 0) is 18.9 Å². The van der Waals surface area contributed by atoms with Crippen molar-refractivity contribution in [2.24, 2.45) is 0 Å². The summed E-state index contributed by atoms with van der Waals surface area (Å²) in [5, 5.41) is 5.23. The van der Waals surface area contributed by atoms with Crippen LogP contribution in [0.1, 0.15) is 29.4 Å². The fraction of sp³-hybridized carbons (Fsp3) is 0.538. The molecular weight excluding hydrogens is 260 g/mol. The van der Waals surface area contributed by atoms with Gasteiger partial charge >= 0.3 is 0 Å². The maximum Gasteiger partial charge on any atom is 0.268 e. The number of methoxy groups -OCH3 is 1. The van der Waals surface area contributed by atoms with Gasteiger partial charge in [-0.3, -0.25) is 9.59 Å². The zero-order valence-electron chi connectivity index (χ0n) is 11.5. The van der Waals surface area contributed by atoms with Crippen molar-refractivity contribution in [3.63, 3.8) is 0 Å². The molecule has 20 heavy (non-hydrogen) atoms. The van der Waals surface area contributed by atoms with Crippen molar-refractivity contribution in [1.29, 1.82) is 0 Å². The van der Waals surface area contributed by atoms with Crippen LogP contribution in [0.15, 0.2) is 12.3 Å². The van der Waals surface area contributed by atoms with E-state index in [0.717, 1.165) is 12.8 Å². The van der Waals surface area contributed by atoms with Gasteiger partial charge in [0.2, 0.25) is 5.91 Å². The van der Waals surface area contributed by atoms with Gasteiger partial charge in [-0.25, -0.2) is 0 Å². The highest BCUT2D eigenvalue weighted by Gasteiger charge is 2.27. The Morgan fingerprint density at radius 2 is 2.20 bits per heavy atom. The lowest BCUT2D eigenvalue weighted by Crippen LogP contribution is -2.38. The van der Waals surface area contributed by atoms with Gasteiger partial charge in [-0.15, -0.1) is 0 Å². The molecule has 4 N–H and O–H groups in total. The van der Waals surface area contributed by atoms with Gasteiger partial charge in [0.05, 0.1) is 18.8 Å². The molecule has 0 radical (unpaired) electrons. The molecule has 2 rings (SSSR count). The smallest absolute Gasteiger partial charge is 0.268 e. The number of hydrogen-bond donors (Lipinski definition) is 3. The van der Waals surface area contributed by atoms with Crippen LogP contribution in [0.3, 0.4) is 0 Å². The van der Waals surface area contributed by atoms with Crippen LogP contribution in [-0.2, 0) is 9.53 Å². The summed E-state index contributed by atoms with van der Waals surface area (Å²) in [6.07, 6.45) is 3.89. The highest BCUT2D eigenvalue weighted by molar-refractivity contribution is 5.96. The number of anilines is 1. The van der Waals surface area contributed by atoms with E-state index in [4.69, 9.17) is 10.5 Å². The monoisotopic (exact) mass is 280 g/mol. The summed E-state index contributed by atoms with van der Waals surface area (Å²) in [5.74, 6) is -0.525. The number of hydrogen-bond acceptors (Lipinski definition) is 4. The molecule has 1 aliphatic rings. The van der Waals surface area contributed by atoms with Crippen LogP contribution >= 0.6 is 0 Å². The first-order chi connectivity index (χ1) is 9.61. The Morgan fingerprint density at radius 3 is 2.85 bits per heavy atom. The van der Waals surface area contributed by atoms with Crippen molar-refractivity contribution >= 4 is 17.5 Å². The second kappa shape index (κ2) is 6.42. The normalized spacial score (nSPS) is 14.1. The minimum absolute atomic E-state index is 0.0572. The third-order valence-electron chi connectivity index (χ3n) is 3.08. The second-order valence-corrected chi connectivity index (χ2v) is 4.82. The number of rotatable bonds is 7. The first-order valence-electron chi connectivity index (χ1n) is 6.63. The SMILES string of the molecule is COCCNC(=O)CNC(=O)c1cc(N)cn1C1CC1. The summed E-state index contributed by atoms with van der Waals surface area (Å²) in [7, 11) is 1.56. The zero-order chi connectivity index (χ0) is 14.5. The molecule has 1 fully saturated rings. The molecule has 7 heteroatoms. The molecule has 0 unspecified atom stereocenters. The standard InChI is InChI=1S/C13H20N4O3/c1-20-5-4-15-12(18)7-16-13(19)11-6-9(14)8-17(11)10-2-3-10/h6,8,10H,2-5,7,14H2,1H3,(H,15,18)(H,16,19). The van der Waals surface area contributed by atoms with Crippen LogP contribution in [0.5, 0.6) is 0 Å². The highest BCUT2D eigenvalue weighted by Crippen LogP contribution is 2.37. The summed E-state index contributed by atoms with van der Waals surface area (Å²) < 4.78 is 6.70. The van der Waals surface area contributed by atoms with Crippen LogP contribution < -0.4 is 16.4 Å². The van der Waals surface area contributed by atoms with E-state index in [9.17, 15) is 9.59 Å². The third-order valence-corrected chi connectivity index (χ3v) is 3.08. The van der Waals surface area contributed by atoms with E-state index < -0.39 is 0 Å². The molecule has 0 bridgehead atoms. The number of nitrogens with two attached hydrogens (primary N) is 1. The molecule has 0 spiro atoms. The Hall–Kier alpha value is -2.02. The molecule has 7 nitrogen and oxygen atoms in total. The van der Waals surface area contributed by atoms with Crippen molar-refractivity contribution in [2.75, 3.05) is 32.5 Å². The number of aromatic nitrogens is 1. The van der Waals surface area contributed by atoms with E-state index in [1.54, 1.807) is 19.4 Å². The first-order valence-corrected chi connectivity index (χ1v) is 6.63. The van der Waals surface area contributed by atoms with Crippen molar-refractivity contribution in [3.05, 3.63) is 18.0 Å². The van der Waals surface area contributed by atoms with E-state index in [2.05, 4.69) is 10.6 Å². The van der Waals surface area contributed by atoms with E-state index in [1.165, 1.54) is 0 Å². The lowest BCUT2D eigenvalue weighted by atomic mass is 10.3. The second-order valence-electron chi connectivity index (χ2n) is 4.82. The fourth-order valence-electron chi connectivity index (χ4n) is 1.94. The van der Waals surface area contributed by atoms with Gasteiger partial charge in [-0.2, -0.15) is 0 Å². The Balaban J connectivity index is 1.84. The van der Waals surface area contributed by atoms with Crippen LogP contribution in [0.4, 0.5) is 5.69 Å². The maximum atomic E-state index is 12.1. The van der Waals surface area contributed by atoms with Gasteiger partial charge in [0.25, 0.3) is 5.91 Å². The average Bonchev–Trinajstić information content (AvgIpc) is 3.19. The number of ether oxygens (including phenoxy) is 1. The number of nitrogens with zero attached hydrogens (tertiary/aromatic N) is 1. The van der Waals surface area contributed by atoms with Crippen molar-refractivity contribution in [3.8, 4) is 0 Å². The molecule has 0 aromatic carbocycles. The first kappa shape index (κ1) is 14.4. The van der Waals surface area contributed by atoms with Gasteiger partial charge in [0.15, 0.2) is 0 Å². The van der Waals surface area contributed by atoms with E-state index in [-0.39, 0.29) is 18.4 Å². The molecule has 0 saturated heterocycles. The Labute approximate surface area is 117 Å². The average molecular weight is 280 g/mol. The van der Waals surface area contributed by atoms with Crippen LogP contribution in [0.2, 0.25) is 0 Å². The van der Waals surface area contributed by atoms with Crippen LogP contribution in [0.25, 0.3) is 0 Å². The summed E-state index contributed by atoms with van der Waals surface area (Å²) in [5.41, 5.74) is 6.80. The quantitative estimate of drug-likeness (QED) is 0.607. The van der Waals surface area contributed by atoms with Crippen molar-refractivity contribution in [2.45, 2.75) is 18.9 Å². The molecule has 1 saturated carbocycles. The van der Waals surface area contributed by atoms with Gasteiger partial charge in [0, 0.05) is 25.9 Å². The lowest BCUT2D eigenvalue weighted by Gasteiger charge is -2.09. The van der Waals surface area contributed by atoms with E-state index in [0.29, 0.717) is 30.6 Å². The lowest BCUT2D eigenvalue weighted by molar-refractivity contribution is -0.120. The molecule has 0 aliphatic heterocycles. The number of amides is 2. The number of carbonyl (C=O) groups is 2. The molecular formula is C13H20N4O3. The fourth-order valence-corrected chi connectivity index (χ4v) is 1.94. The molecule has 110 valence electrons. The zero-order valence-corrected chi connectivity index (χ0v) is 11.5. The topological polar surface area (TPSA) is 98.4 Å². The molecule has 1 aromatic rings. The number of nitrogen functional groups attached to an aromatic ring is 1. The Kier molecular flexibility index (Phi) is 4.62. The van der Waals surface area contributed by atoms with Crippen LogP contribution in [-0.4, -0.2) is 43.2 Å². The Bertz CT molecular complexity index is 494. The van der Waals surface area contributed by atoms with Gasteiger partial charge in [-0.1, -0.05) is 0 Å². The van der Waals surface area contributed by atoms with Gasteiger partial charge in [0.1, 0.15) is 5.69 Å². The molecule has 1 aromatic heterocycles. The largest absolute Gasteiger partial charge is 0.397 e. The predicted octanol–water partition coefficient (Wildman–Crippen LogP) is -0.102. The molecule has 1 heterocycles. The summed E-state index contributed by atoms with van der Waals surface area (Å²) in [4.78, 5) is 23.5. The minimum Gasteiger partial charge on any atom is -0.397 e. The van der Waals surface area contributed by atoms with E-state index in [1.807, 2.05) is 4.57 Å². The number of carbonyl (C=O) groups excluding carboxylic acids is 2. The summed E-state index contributed by atoms with van der Waals surface area (Å²) >= 11 is 0. The minimum atomic E-state index is -0.282. The molecule has 0 atom stereocenters. The maximum absolute atomic E-state index is 12.1. The number of nitrogens with one attached hydrogen (secondary N) is 2. The summed E-state index contributed by atoms with van der Waals surface area (Å²) in [6, 6.07) is 2.00. The molecule has 2 amide bonds. The van der Waals surface area contributed by atoms with Gasteiger partial charge < -0.3 is 25.7 Å². The molecule has 1 aliphatic carbocycles. The third kappa shape index (κ3) is 3.74. The summed E-state index contributed by atoms with van der Waals surface area (Å²) in [6.45, 7) is 0.815.